The van der Waals surface area contributed by atoms with Gasteiger partial charge in [-0.3, -0.25) is 0 Å². The summed E-state index contributed by atoms with van der Waals surface area (Å²) >= 11 is 3.72. The van der Waals surface area contributed by atoms with Crippen LogP contribution >= 0.6 is 47.9 Å². The third-order valence-electron chi connectivity index (χ3n) is 4.66. The average Bonchev–Trinajstić information content (AvgIpc) is 3.25. The minimum atomic E-state index is 0. The number of aliphatic imine (C=N–C) groups is 1. The lowest BCUT2D eigenvalue weighted by molar-refractivity contribution is 0.568. The molecule has 0 radical (unpaired) electrons. The molecule has 0 atom stereocenters. The van der Waals surface area contributed by atoms with E-state index in [0.29, 0.717) is 11.9 Å². The number of thiophene rings is 1. The Labute approximate surface area is 169 Å². The van der Waals surface area contributed by atoms with Crippen molar-refractivity contribution in [3.05, 3.63) is 46.2 Å². The summed E-state index contributed by atoms with van der Waals surface area (Å²) in [5.74, 6) is 3.19. The van der Waals surface area contributed by atoms with E-state index in [9.17, 15) is 0 Å². The Bertz CT molecular complexity index is 713. The van der Waals surface area contributed by atoms with Gasteiger partial charge in [0, 0.05) is 18.3 Å². The zero-order chi connectivity index (χ0) is 15.6. The molecule has 2 aliphatic rings. The van der Waals surface area contributed by atoms with Crippen LogP contribution < -0.4 is 10.6 Å². The average molecular weight is 416 g/mol. The number of fused-ring (bicyclic) bond motifs is 1. The number of thioether (sulfide) groups is 1. The van der Waals surface area contributed by atoms with Gasteiger partial charge in [-0.05, 0) is 59.9 Å². The van der Waals surface area contributed by atoms with Crippen molar-refractivity contribution >= 4 is 65.1 Å². The van der Waals surface area contributed by atoms with Crippen LogP contribution in [0.4, 0.5) is 11.4 Å². The Kier molecular flexibility index (Phi) is 7.50. The Hall–Kier alpha value is -0.880. The number of benzene rings is 1. The van der Waals surface area contributed by atoms with Crippen molar-refractivity contribution in [1.29, 1.82) is 0 Å². The first-order chi connectivity index (χ1) is 11.3. The lowest BCUT2D eigenvalue weighted by atomic mass is 10.1. The van der Waals surface area contributed by atoms with Gasteiger partial charge in [0.15, 0.2) is 0 Å². The number of rotatable bonds is 3. The Morgan fingerprint density at radius 2 is 1.96 bits per heavy atom. The summed E-state index contributed by atoms with van der Waals surface area (Å²) in [7, 11) is 0. The molecule has 1 aromatic carbocycles. The predicted molar refractivity (Wildman–Crippen MR) is 117 cm³/mol. The van der Waals surface area contributed by atoms with E-state index in [1.165, 1.54) is 35.6 Å². The quantitative estimate of drug-likeness (QED) is 0.572. The van der Waals surface area contributed by atoms with Gasteiger partial charge in [0.05, 0.1) is 10.6 Å². The Morgan fingerprint density at radius 1 is 1.16 bits per heavy atom. The lowest BCUT2D eigenvalue weighted by Gasteiger charge is -2.33. The van der Waals surface area contributed by atoms with Crippen molar-refractivity contribution in [3.63, 3.8) is 0 Å². The number of anilines is 1. The summed E-state index contributed by atoms with van der Waals surface area (Å²) in [4.78, 5) is 8.27. The van der Waals surface area contributed by atoms with Gasteiger partial charge in [-0.15, -0.1) is 36.2 Å². The Morgan fingerprint density at radius 3 is 2.68 bits per heavy atom. The molecule has 1 saturated heterocycles. The van der Waals surface area contributed by atoms with Crippen molar-refractivity contribution in [3.8, 4) is 0 Å². The molecule has 0 spiro atoms. The fraction of sp³-hybridized carbons (Fsp3) is 0.389. The summed E-state index contributed by atoms with van der Waals surface area (Å²) in [5, 5.41) is 2.03. The molecule has 0 amide bonds. The number of halogens is 2. The summed E-state index contributed by atoms with van der Waals surface area (Å²) < 4.78 is 0. The van der Waals surface area contributed by atoms with Gasteiger partial charge in [0.2, 0.25) is 0 Å². The normalized spacial score (nSPS) is 17.6. The highest BCUT2D eigenvalue weighted by atomic mass is 35.5. The largest absolute Gasteiger partial charge is 0.383 e. The van der Waals surface area contributed by atoms with E-state index < -0.39 is 0 Å². The lowest BCUT2D eigenvalue weighted by Crippen LogP contribution is -2.36. The molecular weight excluding hydrogens is 393 g/mol. The molecule has 7 heteroatoms. The van der Waals surface area contributed by atoms with Gasteiger partial charge >= 0.3 is 0 Å². The van der Waals surface area contributed by atoms with Gasteiger partial charge in [0.1, 0.15) is 5.84 Å². The molecule has 2 aromatic rings. The topological polar surface area (TPSA) is 41.6 Å². The maximum atomic E-state index is 6.14. The van der Waals surface area contributed by atoms with Crippen LogP contribution in [0.1, 0.15) is 23.3 Å². The predicted octanol–water partition coefficient (Wildman–Crippen LogP) is 4.89. The smallest absolute Gasteiger partial charge is 0.141 e. The highest BCUT2D eigenvalue weighted by Gasteiger charge is 2.27. The van der Waals surface area contributed by atoms with Crippen LogP contribution in [0, 0.1) is 0 Å². The molecular formula is C18H23Cl2N3S2. The number of nitrogens with two attached hydrogens (primary N) is 1. The van der Waals surface area contributed by atoms with E-state index in [2.05, 4.69) is 39.9 Å². The van der Waals surface area contributed by atoms with Crippen molar-refractivity contribution in [1.82, 2.24) is 0 Å². The fourth-order valence-corrected chi connectivity index (χ4v) is 5.17. The monoisotopic (exact) mass is 415 g/mol. The maximum absolute atomic E-state index is 6.14. The van der Waals surface area contributed by atoms with Crippen LogP contribution in [0.15, 0.2) is 40.7 Å². The van der Waals surface area contributed by atoms with Crippen molar-refractivity contribution < 1.29 is 0 Å². The zero-order valence-electron chi connectivity index (χ0n) is 13.9. The third-order valence-corrected chi connectivity index (χ3v) is 6.60. The SMILES string of the molecule is Cl.Cl.NC(=Nc1ccc2c(c1)N(C1CCSCC1)CC2)c1cccs1. The van der Waals surface area contributed by atoms with Gasteiger partial charge in [0.25, 0.3) is 0 Å². The van der Waals surface area contributed by atoms with E-state index in [1.54, 1.807) is 11.3 Å². The Balaban J connectivity index is 0.00000113. The number of nitrogens with zero attached hydrogens (tertiary/aromatic N) is 2. The standard InChI is InChI=1S/C18H21N3S2.2ClH/c19-18(17-2-1-9-23-17)20-14-4-3-13-5-8-21(16(13)12-14)15-6-10-22-11-7-15;;/h1-4,9,12,15H,5-8,10-11H2,(H2,19,20);2*1H. The summed E-state index contributed by atoms with van der Waals surface area (Å²) in [6, 6.07) is 11.3. The van der Waals surface area contributed by atoms with Crippen molar-refractivity contribution in [2.24, 2.45) is 10.7 Å². The summed E-state index contributed by atoms with van der Waals surface area (Å²) in [6.07, 6.45) is 3.76. The molecule has 4 rings (SSSR count). The molecule has 1 fully saturated rings. The molecule has 0 unspecified atom stereocenters. The van der Waals surface area contributed by atoms with Crippen LogP contribution in [0.2, 0.25) is 0 Å². The van der Waals surface area contributed by atoms with E-state index in [-0.39, 0.29) is 24.8 Å². The fourth-order valence-electron chi connectivity index (χ4n) is 3.46. The maximum Gasteiger partial charge on any atom is 0.141 e. The zero-order valence-corrected chi connectivity index (χ0v) is 17.2. The molecule has 0 saturated carbocycles. The van der Waals surface area contributed by atoms with Crippen molar-refractivity contribution in [2.75, 3.05) is 23.0 Å². The molecule has 2 aliphatic heterocycles. The molecule has 0 aliphatic carbocycles. The minimum Gasteiger partial charge on any atom is -0.383 e. The molecule has 3 heterocycles. The number of hydrogen-bond acceptors (Lipinski definition) is 4. The van der Waals surface area contributed by atoms with Crippen LogP contribution in [-0.2, 0) is 6.42 Å². The van der Waals surface area contributed by atoms with Crippen LogP contribution in [0.5, 0.6) is 0 Å². The van der Waals surface area contributed by atoms with Crippen LogP contribution in [0.25, 0.3) is 0 Å². The molecule has 1 aromatic heterocycles. The van der Waals surface area contributed by atoms with E-state index in [4.69, 9.17) is 5.73 Å². The molecule has 25 heavy (non-hydrogen) atoms. The molecule has 0 bridgehead atoms. The minimum absolute atomic E-state index is 0. The van der Waals surface area contributed by atoms with Gasteiger partial charge < -0.3 is 10.6 Å². The molecule has 136 valence electrons. The molecule has 3 nitrogen and oxygen atoms in total. The van der Waals surface area contributed by atoms with Crippen LogP contribution in [-0.4, -0.2) is 29.9 Å². The first-order valence-corrected chi connectivity index (χ1v) is 10.2. The second kappa shape index (κ2) is 9.17. The highest BCUT2D eigenvalue weighted by Crippen LogP contribution is 2.36. The van der Waals surface area contributed by atoms with Gasteiger partial charge in [-0.25, -0.2) is 4.99 Å². The number of hydrogen-bond donors (Lipinski definition) is 1. The van der Waals surface area contributed by atoms with E-state index in [0.717, 1.165) is 23.5 Å². The van der Waals surface area contributed by atoms with Gasteiger partial charge in [-0.2, -0.15) is 11.8 Å². The summed E-state index contributed by atoms with van der Waals surface area (Å²) in [6.45, 7) is 1.15. The molecule has 2 N–H and O–H groups in total. The van der Waals surface area contributed by atoms with Gasteiger partial charge in [-0.1, -0.05) is 12.1 Å². The van der Waals surface area contributed by atoms with Crippen LogP contribution in [0.3, 0.4) is 0 Å². The summed E-state index contributed by atoms with van der Waals surface area (Å²) in [5.41, 5.74) is 9.94. The second-order valence-electron chi connectivity index (χ2n) is 6.07. The second-order valence-corrected chi connectivity index (χ2v) is 8.25. The first-order valence-electron chi connectivity index (χ1n) is 8.16. The van der Waals surface area contributed by atoms with E-state index >= 15 is 0 Å². The van der Waals surface area contributed by atoms with Crippen molar-refractivity contribution in [2.45, 2.75) is 25.3 Å². The third kappa shape index (κ3) is 4.45. The van der Waals surface area contributed by atoms with E-state index in [1.807, 2.05) is 17.5 Å². The highest BCUT2D eigenvalue weighted by molar-refractivity contribution is 7.99. The first kappa shape index (κ1) is 20.4. The number of amidine groups is 1.